The van der Waals surface area contributed by atoms with E-state index in [0.717, 1.165) is 0 Å². The van der Waals surface area contributed by atoms with Gasteiger partial charge in [-0.15, -0.1) is 0 Å². The lowest BCUT2D eigenvalue weighted by molar-refractivity contribution is 0.600. The molecule has 1 aromatic rings. The molecular weight excluding hydrogens is 164 g/mol. The van der Waals surface area contributed by atoms with Crippen LogP contribution in [0.25, 0.3) is 0 Å². The van der Waals surface area contributed by atoms with Gasteiger partial charge in [0.05, 0.1) is 11.4 Å². The molecule has 1 aromatic heterocycles. The molecule has 0 aliphatic rings. The fourth-order valence-corrected chi connectivity index (χ4v) is 1.36. The normalized spacial score (nSPS) is 11.4. The van der Waals surface area contributed by atoms with Gasteiger partial charge in [-0.1, -0.05) is 0 Å². The number of hydrogen-bond donors (Lipinski definition) is 0. The zero-order valence-electron chi connectivity index (χ0n) is 6.06. The van der Waals surface area contributed by atoms with Crippen LogP contribution in [0.15, 0.2) is 18.6 Å². The smallest absolute Gasteiger partial charge is 0.153 e. The number of rotatable bonds is 2. The molecule has 0 radical (unpaired) electrons. The maximum absolute atomic E-state index is 10.7. The van der Waals surface area contributed by atoms with Crippen molar-refractivity contribution in [1.29, 1.82) is 0 Å². The van der Waals surface area contributed by atoms with Crippen LogP contribution in [0.4, 0.5) is 0 Å². The van der Waals surface area contributed by atoms with Gasteiger partial charge in [-0.25, -0.2) is 8.42 Å². The molecule has 0 amide bonds. The fraction of sp³-hybridized carbons (Fsp3) is 0.333. The average Bonchev–Trinajstić information content (AvgIpc) is 1.85. The Morgan fingerprint density at radius 1 is 1.45 bits per heavy atom. The molecule has 0 spiro atoms. The molecule has 0 fully saturated rings. The third-order valence-corrected chi connectivity index (χ3v) is 1.85. The molecule has 5 heteroatoms. The first-order chi connectivity index (χ1) is 5.08. The molecule has 1 rings (SSSR count). The zero-order chi connectivity index (χ0) is 8.32. The second-order valence-corrected chi connectivity index (χ2v) is 4.41. The van der Waals surface area contributed by atoms with Gasteiger partial charge in [0.1, 0.15) is 0 Å². The fourth-order valence-electron chi connectivity index (χ4n) is 0.673. The van der Waals surface area contributed by atoms with Crippen LogP contribution in [0.2, 0.25) is 0 Å². The molecule has 0 atom stereocenters. The summed E-state index contributed by atoms with van der Waals surface area (Å²) in [6, 6.07) is 0. The molecule has 0 unspecified atom stereocenters. The topological polar surface area (TPSA) is 59.9 Å². The molecule has 0 saturated carbocycles. The van der Waals surface area contributed by atoms with Crippen molar-refractivity contribution in [3.05, 3.63) is 24.3 Å². The maximum atomic E-state index is 10.7. The SMILES string of the molecule is CS(=O)(=O)Cc1cnccn1. The van der Waals surface area contributed by atoms with Crippen LogP contribution in [0.5, 0.6) is 0 Å². The molecular formula is C6H8N2O2S. The third kappa shape index (κ3) is 3.08. The van der Waals surface area contributed by atoms with Crippen LogP contribution in [0.3, 0.4) is 0 Å². The van der Waals surface area contributed by atoms with Gasteiger partial charge >= 0.3 is 0 Å². The van der Waals surface area contributed by atoms with Crippen LogP contribution in [0, 0.1) is 0 Å². The van der Waals surface area contributed by atoms with E-state index in [2.05, 4.69) is 9.97 Å². The van der Waals surface area contributed by atoms with E-state index in [1.54, 1.807) is 0 Å². The Morgan fingerprint density at radius 2 is 2.18 bits per heavy atom. The second-order valence-electron chi connectivity index (χ2n) is 2.27. The van der Waals surface area contributed by atoms with E-state index in [1.165, 1.54) is 24.8 Å². The van der Waals surface area contributed by atoms with Crippen molar-refractivity contribution in [3.63, 3.8) is 0 Å². The van der Waals surface area contributed by atoms with Crippen molar-refractivity contribution < 1.29 is 8.42 Å². The van der Waals surface area contributed by atoms with E-state index >= 15 is 0 Å². The Balaban J connectivity index is 2.82. The first-order valence-electron chi connectivity index (χ1n) is 3.00. The molecule has 0 saturated heterocycles. The van der Waals surface area contributed by atoms with Crippen LogP contribution >= 0.6 is 0 Å². The van der Waals surface area contributed by atoms with E-state index < -0.39 is 9.84 Å². The van der Waals surface area contributed by atoms with Gasteiger partial charge in [-0.3, -0.25) is 9.97 Å². The van der Waals surface area contributed by atoms with Gasteiger partial charge in [-0.2, -0.15) is 0 Å². The van der Waals surface area contributed by atoms with Crippen LogP contribution in [-0.4, -0.2) is 24.6 Å². The van der Waals surface area contributed by atoms with Gasteiger partial charge in [0.2, 0.25) is 0 Å². The average molecular weight is 172 g/mol. The highest BCUT2D eigenvalue weighted by Gasteiger charge is 2.04. The van der Waals surface area contributed by atoms with E-state index in [1.807, 2.05) is 0 Å². The van der Waals surface area contributed by atoms with Crippen LogP contribution in [0.1, 0.15) is 5.69 Å². The van der Waals surface area contributed by atoms with Crippen LogP contribution < -0.4 is 0 Å². The Morgan fingerprint density at radius 3 is 2.64 bits per heavy atom. The monoisotopic (exact) mass is 172 g/mol. The van der Waals surface area contributed by atoms with Gasteiger partial charge < -0.3 is 0 Å². The van der Waals surface area contributed by atoms with Crippen molar-refractivity contribution >= 4 is 9.84 Å². The maximum Gasteiger partial charge on any atom is 0.153 e. The number of hydrogen-bond acceptors (Lipinski definition) is 4. The summed E-state index contributed by atoms with van der Waals surface area (Å²) in [5, 5.41) is 0. The van der Waals surface area contributed by atoms with Crippen LogP contribution in [-0.2, 0) is 15.6 Å². The summed E-state index contributed by atoms with van der Waals surface area (Å²) in [4.78, 5) is 7.56. The molecule has 0 aliphatic carbocycles. The van der Waals surface area contributed by atoms with E-state index in [0.29, 0.717) is 5.69 Å². The molecule has 4 nitrogen and oxygen atoms in total. The first kappa shape index (κ1) is 8.13. The number of sulfone groups is 1. The molecule has 0 aliphatic heterocycles. The first-order valence-corrected chi connectivity index (χ1v) is 5.06. The summed E-state index contributed by atoms with van der Waals surface area (Å²) in [5.74, 6) is -0.0408. The lowest BCUT2D eigenvalue weighted by Gasteiger charge is -1.94. The largest absolute Gasteiger partial charge is 0.261 e. The van der Waals surface area contributed by atoms with E-state index in [-0.39, 0.29) is 5.75 Å². The van der Waals surface area contributed by atoms with Gasteiger partial charge in [0.25, 0.3) is 0 Å². The van der Waals surface area contributed by atoms with Crippen molar-refractivity contribution in [1.82, 2.24) is 9.97 Å². The number of aromatic nitrogens is 2. The standard InChI is InChI=1S/C6H8N2O2S/c1-11(9,10)5-6-4-7-2-3-8-6/h2-4H,5H2,1H3. The summed E-state index contributed by atoms with van der Waals surface area (Å²) in [6.07, 6.45) is 5.59. The summed E-state index contributed by atoms with van der Waals surface area (Å²) in [6.45, 7) is 0. The van der Waals surface area contributed by atoms with Gasteiger partial charge in [-0.05, 0) is 0 Å². The minimum absolute atomic E-state index is 0.0408. The predicted molar refractivity (Wildman–Crippen MR) is 40.6 cm³/mol. The quantitative estimate of drug-likeness (QED) is 0.631. The summed E-state index contributed by atoms with van der Waals surface area (Å²) < 4.78 is 21.5. The minimum atomic E-state index is -2.98. The summed E-state index contributed by atoms with van der Waals surface area (Å²) >= 11 is 0. The van der Waals surface area contributed by atoms with E-state index in [4.69, 9.17) is 0 Å². The molecule has 60 valence electrons. The van der Waals surface area contributed by atoms with Crippen molar-refractivity contribution in [2.75, 3.05) is 6.26 Å². The third-order valence-electron chi connectivity index (χ3n) is 1.03. The second kappa shape index (κ2) is 2.96. The highest BCUT2D eigenvalue weighted by Crippen LogP contribution is 1.96. The van der Waals surface area contributed by atoms with E-state index in [9.17, 15) is 8.42 Å². The lowest BCUT2D eigenvalue weighted by Crippen LogP contribution is -2.02. The Bertz CT molecular complexity index is 320. The lowest BCUT2D eigenvalue weighted by atomic mass is 10.5. The van der Waals surface area contributed by atoms with Gasteiger partial charge in [0.15, 0.2) is 9.84 Å². The summed E-state index contributed by atoms with van der Waals surface area (Å²) in [7, 11) is -2.98. The molecule has 11 heavy (non-hydrogen) atoms. The molecule has 0 bridgehead atoms. The molecule has 0 aromatic carbocycles. The Kier molecular flexibility index (Phi) is 2.19. The summed E-state index contributed by atoms with van der Waals surface area (Å²) in [5.41, 5.74) is 0.481. The highest BCUT2D eigenvalue weighted by atomic mass is 32.2. The number of nitrogens with zero attached hydrogens (tertiary/aromatic N) is 2. The van der Waals surface area contributed by atoms with Crippen molar-refractivity contribution in [3.8, 4) is 0 Å². The Hall–Kier alpha value is -0.970. The van der Waals surface area contributed by atoms with Crippen molar-refractivity contribution in [2.24, 2.45) is 0 Å². The van der Waals surface area contributed by atoms with Crippen molar-refractivity contribution in [2.45, 2.75) is 5.75 Å². The molecule has 1 heterocycles. The Labute approximate surface area is 65.2 Å². The zero-order valence-corrected chi connectivity index (χ0v) is 6.87. The molecule has 0 N–H and O–H groups in total. The minimum Gasteiger partial charge on any atom is -0.261 e. The van der Waals surface area contributed by atoms with Gasteiger partial charge in [0, 0.05) is 24.8 Å². The predicted octanol–water partition coefficient (Wildman–Crippen LogP) is 0.0212. The highest BCUT2D eigenvalue weighted by molar-refractivity contribution is 7.89.